The third-order valence-electron chi connectivity index (χ3n) is 11.3. The molecule has 3 aromatic heterocycles. The van der Waals surface area contributed by atoms with Crippen LogP contribution in [0.1, 0.15) is 5.56 Å². The van der Waals surface area contributed by atoms with Crippen molar-refractivity contribution >= 4 is 42.5 Å². The average Bonchev–Trinajstić information content (AvgIpc) is 3.69. The molecule has 8 nitrogen and oxygen atoms in total. The van der Waals surface area contributed by atoms with Crippen molar-refractivity contribution in [1.29, 1.82) is 5.26 Å². The molecule has 0 aliphatic rings. The quantitative estimate of drug-likeness (QED) is 0.140. The van der Waals surface area contributed by atoms with Crippen LogP contribution >= 0.6 is 0 Å². The topological polar surface area (TPSA) is 106 Å². The summed E-state index contributed by atoms with van der Waals surface area (Å²) in [4.78, 5) is 30.1. The molecule has 0 spiro atoms. The van der Waals surface area contributed by atoms with Crippen molar-refractivity contribution in [3.05, 3.63) is 206 Å². The van der Waals surface area contributed by atoms with E-state index in [-0.39, 0.29) is 0 Å². The summed E-state index contributed by atoms with van der Waals surface area (Å²) in [5.74, 6) is 3.31. The zero-order valence-electron chi connectivity index (χ0n) is 34.2. The number of nitriles is 1. The fourth-order valence-electron chi connectivity index (χ4n) is 8.28. The highest BCUT2D eigenvalue weighted by Crippen LogP contribution is 2.40. The summed E-state index contributed by atoms with van der Waals surface area (Å²) in [6.45, 7) is 0. The van der Waals surface area contributed by atoms with Gasteiger partial charge in [0.2, 0.25) is 0 Å². The van der Waals surface area contributed by atoms with Gasteiger partial charge in [-0.2, -0.15) is 5.26 Å². The zero-order chi connectivity index (χ0) is 43.0. The van der Waals surface area contributed by atoms with Crippen molar-refractivity contribution in [1.82, 2.24) is 34.5 Å². The van der Waals surface area contributed by atoms with Gasteiger partial charge in [0, 0.05) is 55.4 Å². The van der Waals surface area contributed by atoms with Crippen LogP contribution in [0.2, 0.25) is 0 Å². The molecule has 11 rings (SSSR count). The minimum atomic E-state index is 0.472. The summed E-state index contributed by atoms with van der Waals surface area (Å²) in [5.41, 5.74) is 10.3. The number of nitrogens with zero attached hydrogens (tertiary/aromatic N) is 8. The van der Waals surface area contributed by atoms with Crippen molar-refractivity contribution in [2.45, 2.75) is 0 Å². The van der Waals surface area contributed by atoms with Gasteiger partial charge < -0.3 is 4.57 Å². The molecule has 0 saturated heterocycles. The van der Waals surface area contributed by atoms with E-state index in [9.17, 15) is 5.26 Å². The van der Waals surface area contributed by atoms with Crippen molar-refractivity contribution in [2.24, 2.45) is 0 Å². The average molecular weight is 833 g/mol. The van der Waals surface area contributed by atoms with Crippen LogP contribution in [0.15, 0.2) is 200 Å². The minimum Gasteiger partial charge on any atom is -0.311 e. The molecule has 0 aliphatic carbocycles. The van der Waals surface area contributed by atoms with E-state index in [0.717, 1.165) is 76.4 Å². The van der Waals surface area contributed by atoms with Gasteiger partial charge in [-0.15, -0.1) is 4.43 Å². The van der Waals surface area contributed by atoms with E-state index in [1.165, 1.54) is 0 Å². The molecule has 0 N–H and O–H groups in total. The standard InChI is InChI=1S/C55H33N8.Al/c56-35-42-25-16-28-44(55-61-52(38-21-10-3-11-22-38)58-53(62-55)39-23-12-4-13-24-39)49(42)40-29-31-47-45(33-40)46-34-41(30-32-48(46)63(47)43-26-14-5-15-27-43)54-59-50(36-17-6-1-7-18-36)57-51(60-54)37-19-8-2-9-20-37;/h1-26,28-34H;. The van der Waals surface area contributed by atoms with Crippen LogP contribution in [0.5, 0.6) is 0 Å². The van der Waals surface area contributed by atoms with E-state index in [2.05, 4.69) is 81.5 Å². The molecule has 0 bridgehead atoms. The Labute approximate surface area is 377 Å². The van der Waals surface area contributed by atoms with Gasteiger partial charge in [-0.25, -0.2) is 29.9 Å². The molecule has 0 fully saturated rings. The number of fused-ring (bicyclic) bond motifs is 3. The molecule has 3 heterocycles. The van der Waals surface area contributed by atoms with Gasteiger partial charge >= 0.3 is 0 Å². The van der Waals surface area contributed by atoms with Crippen LogP contribution in [-0.2, 0) is 0 Å². The molecule has 0 unspecified atom stereocenters. The highest BCUT2D eigenvalue weighted by Gasteiger charge is 2.22. The van der Waals surface area contributed by atoms with Crippen molar-refractivity contribution in [3.8, 4) is 91.2 Å². The maximum Gasteiger partial charge on any atom is 0.179 e. The van der Waals surface area contributed by atoms with E-state index >= 15 is 0 Å². The molecule has 0 aliphatic heterocycles. The number of aromatic nitrogens is 7. The fourth-order valence-corrected chi connectivity index (χ4v) is 8.61. The second-order valence-corrected chi connectivity index (χ2v) is 15.9. The predicted molar refractivity (Wildman–Crippen MR) is 256 cm³/mol. The first-order valence-electron chi connectivity index (χ1n) is 20.8. The molecule has 9 heteroatoms. The second kappa shape index (κ2) is 16.5. The lowest BCUT2D eigenvalue weighted by Gasteiger charge is -2.14. The molecule has 8 aromatic carbocycles. The first-order valence-corrected chi connectivity index (χ1v) is 21.4. The third-order valence-corrected chi connectivity index (χ3v) is 11.8. The maximum atomic E-state index is 10.7. The van der Waals surface area contributed by atoms with Gasteiger partial charge in [-0.05, 0) is 48.0 Å². The van der Waals surface area contributed by atoms with Gasteiger partial charge in [0.15, 0.2) is 51.2 Å². The normalized spacial score (nSPS) is 11.2. The minimum absolute atomic E-state index is 0.472. The Kier molecular flexibility index (Phi) is 9.91. The summed E-state index contributed by atoms with van der Waals surface area (Å²) in [6, 6.07) is 69.2. The highest BCUT2D eigenvalue weighted by molar-refractivity contribution is 6.35. The summed E-state index contributed by atoms with van der Waals surface area (Å²) in [6.07, 6.45) is 0. The Morgan fingerprint density at radius 3 is 1.25 bits per heavy atom. The van der Waals surface area contributed by atoms with Crippen molar-refractivity contribution in [3.63, 3.8) is 0 Å². The SMILES string of the molecule is N#Cc1cccc(-c2nc(-c3ccccc3)nc(-c3ccccc3)n2)c1-c1ccc2c(c1)c1cc(-c3nc(-c4ccccc4)nc(-c4ccccc4)n3)ccc1n2-c1cccc[c]1[Al]. The van der Waals surface area contributed by atoms with Crippen LogP contribution in [0.25, 0.3) is 107 Å². The Balaban J connectivity index is 1.14. The molecule has 0 atom stereocenters. The molecular weight excluding hydrogens is 800 g/mol. The molecule has 296 valence electrons. The summed E-state index contributed by atoms with van der Waals surface area (Å²) < 4.78 is 3.35. The van der Waals surface area contributed by atoms with E-state index in [1.54, 1.807) is 0 Å². The predicted octanol–water partition coefficient (Wildman–Crippen LogP) is 11.5. The molecule has 2 radical (unpaired) electrons. The first kappa shape index (κ1) is 38.5. The largest absolute Gasteiger partial charge is 0.311 e. The summed E-state index contributed by atoms with van der Waals surface area (Å²) in [5, 5.41) is 12.7. The van der Waals surface area contributed by atoms with E-state index in [1.807, 2.05) is 146 Å². The third kappa shape index (κ3) is 7.09. The Morgan fingerprint density at radius 1 is 0.375 bits per heavy atom. The van der Waals surface area contributed by atoms with Crippen LogP contribution in [0.4, 0.5) is 0 Å². The monoisotopic (exact) mass is 832 g/mol. The van der Waals surface area contributed by atoms with Crippen LogP contribution in [0, 0.1) is 11.3 Å². The maximum absolute atomic E-state index is 10.7. The molecule has 11 aromatic rings. The lowest BCUT2D eigenvalue weighted by molar-refractivity contribution is 1.07. The number of hydrogen-bond donors (Lipinski definition) is 0. The zero-order valence-corrected chi connectivity index (χ0v) is 35.4. The number of benzene rings is 8. The van der Waals surface area contributed by atoms with Gasteiger partial charge in [-0.1, -0.05) is 158 Å². The van der Waals surface area contributed by atoms with Gasteiger partial charge in [0.05, 0.1) is 22.7 Å². The number of rotatable bonds is 8. The lowest BCUT2D eigenvalue weighted by Crippen LogP contribution is -2.11. The summed E-state index contributed by atoms with van der Waals surface area (Å²) in [7, 11) is 0. The molecule has 0 amide bonds. The van der Waals surface area contributed by atoms with Crippen molar-refractivity contribution in [2.75, 3.05) is 0 Å². The van der Waals surface area contributed by atoms with Crippen molar-refractivity contribution < 1.29 is 0 Å². The van der Waals surface area contributed by atoms with Gasteiger partial charge in [0.25, 0.3) is 0 Å². The van der Waals surface area contributed by atoms with Crippen LogP contribution < -0.4 is 4.43 Å². The first-order chi connectivity index (χ1) is 31.6. The van der Waals surface area contributed by atoms with Crippen LogP contribution in [-0.4, -0.2) is 50.8 Å². The van der Waals surface area contributed by atoms with E-state index in [4.69, 9.17) is 29.9 Å². The second-order valence-electron chi connectivity index (χ2n) is 15.3. The fraction of sp³-hybridized carbons (Fsp3) is 0. The summed E-state index contributed by atoms with van der Waals surface area (Å²) >= 11 is 2.90. The Morgan fingerprint density at radius 2 is 0.781 bits per heavy atom. The Hall–Kier alpha value is -8.40. The smallest absolute Gasteiger partial charge is 0.179 e. The highest BCUT2D eigenvalue weighted by atomic mass is 27.0. The van der Waals surface area contributed by atoms with Gasteiger partial charge in [0.1, 0.15) is 0 Å². The van der Waals surface area contributed by atoms with E-state index in [0.29, 0.717) is 40.5 Å². The van der Waals surface area contributed by atoms with Gasteiger partial charge in [-0.3, -0.25) is 0 Å². The molecular formula is C55H33AlN8. The molecule has 64 heavy (non-hydrogen) atoms. The van der Waals surface area contributed by atoms with Crippen LogP contribution in [0.3, 0.4) is 0 Å². The van der Waals surface area contributed by atoms with E-state index < -0.39 is 0 Å². The molecule has 0 saturated carbocycles. The number of hydrogen-bond acceptors (Lipinski definition) is 7. The lowest BCUT2D eigenvalue weighted by atomic mass is 9.93. The Bertz CT molecular complexity index is 3450. The number of para-hydroxylation sites is 1.